The summed E-state index contributed by atoms with van der Waals surface area (Å²) in [5, 5.41) is 2.45. The predicted octanol–water partition coefficient (Wildman–Crippen LogP) is 1.28. The van der Waals surface area contributed by atoms with Gasteiger partial charge < -0.3 is 11.1 Å². The summed E-state index contributed by atoms with van der Waals surface area (Å²) in [5.74, 6) is -0.285. The van der Waals surface area contributed by atoms with Crippen molar-refractivity contribution >= 4 is 11.6 Å². The third kappa shape index (κ3) is 2.22. The average Bonchev–Trinajstić information content (AvgIpc) is 2.18. The van der Waals surface area contributed by atoms with Crippen LogP contribution in [0.2, 0.25) is 0 Å². The van der Waals surface area contributed by atoms with Crippen LogP contribution in [0.3, 0.4) is 0 Å². The molecular formula is C10H13FN2O. The van der Waals surface area contributed by atoms with Crippen LogP contribution in [0.25, 0.3) is 0 Å². The molecule has 1 amide bonds. The number of hydrogen-bond acceptors (Lipinski definition) is 2. The van der Waals surface area contributed by atoms with Crippen molar-refractivity contribution in [3.8, 4) is 0 Å². The van der Waals surface area contributed by atoms with Crippen molar-refractivity contribution in [1.29, 1.82) is 0 Å². The fourth-order valence-corrected chi connectivity index (χ4v) is 1.16. The Labute approximate surface area is 82.1 Å². The summed E-state index contributed by atoms with van der Waals surface area (Å²) in [6, 6.07) is 5.09. The Bertz CT molecular complexity index is 339. The van der Waals surface area contributed by atoms with Crippen LogP contribution in [-0.2, 0) is 0 Å². The van der Waals surface area contributed by atoms with Gasteiger partial charge in [-0.15, -0.1) is 0 Å². The maximum absolute atomic E-state index is 11.8. The van der Waals surface area contributed by atoms with Crippen molar-refractivity contribution in [1.82, 2.24) is 5.32 Å². The van der Waals surface area contributed by atoms with E-state index in [1.807, 2.05) is 0 Å². The summed E-state index contributed by atoms with van der Waals surface area (Å²) in [6.45, 7) is 1.24. The van der Waals surface area contributed by atoms with E-state index in [0.29, 0.717) is 11.3 Å². The molecule has 0 aliphatic heterocycles. The Kier molecular flexibility index (Phi) is 3.45. The Morgan fingerprint density at radius 2 is 2.29 bits per heavy atom. The predicted molar refractivity (Wildman–Crippen MR) is 53.9 cm³/mol. The van der Waals surface area contributed by atoms with Crippen molar-refractivity contribution in [3.63, 3.8) is 0 Å². The first-order valence-corrected chi connectivity index (χ1v) is 4.36. The second-order valence-electron chi connectivity index (χ2n) is 2.96. The number of rotatable bonds is 3. The molecule has 3 N–H and O–H groups in total. The molecule has 76 valence electrons. The van der Waals surface area contributed by atoms with Crippen molar-refractivity contribution < 1.29 is 9.18 Å². The quantitative estimate of drug-likeness (QED) is 0.715. The van der Waals surface area contributed by atoms with Crippen molar-refractivity contribution in [2.45, 2.75) is 6.92 Å². The minimum Gasteiger partial charge on any atom is -0.398 e. The van der Waals surface area contributed by atoms with E-state index in [1.165, 1.54) is 0 Å². The molecule has 0 fully saturated rings. The number of halogens is 1. The molecule has 0 atom stereocenters. The normalized spacial score (nSPS) is 9.86. The minimum atomic E-state index is -0.562. The molecule has 1 aromatic rings. The molecule has 4 heteroatoms. The standard InChI is InChI=1S/C10H13FN2O/c1-7-8(3-2-4-9(7)12)10(14)13-6-5-11/h2-4H,5-6,12H2,1H3,(H,13,14). The molecule has 0 unspecified atom stereocenters. The number of anilines is 1. The fraction of sp³-hybridized carbons (Fsp3) is 0.300. The van der Waals surface area contributed by atoms with Crippen LogP contribution in [0.5, 0.6) is 0 Å². The molecule has 14 heavy (non-hydrogen) atoms. The number of benzene rings is 1. The van der Waals surface area contributed by atoms with Crippen LogP contribution >= 0.6 is 0 Å². The number of amides is 1. The molecule has 0 heterocycles. The number of nitrogens with two attached hydrogens (primary N) is 1. The Hall–Kier alpha value is -1.58. The van der Waals surface area contributed by atoms with E-state index in [-0.39, 0.29) is 12.5 Å². The average molecular weight is 196 g/mol. The third-order valence-electron chi connectivity index (χ3n) is 2.00. The second-order valence-corrected chi connectivity index (χ2v) is 2.96. The molecular weight excluding hydrogens is 183 g/mol. The number of nitrogen functional groups attached to an aromatic ring is 1. The monoisotopic (exact) mass is 196 g/mol. The van der Waals surface area contributed by atoms with Gasteiger partial charge in [-0.25, -0.2) is 4.39 Å². The topological polar surface area (TPSA) is 55.1 Å². The van der Waals surface area contributed by atoms with Gasteiger partial charge in [-0.3, -0.25) is 4.79 Å². The number of alkyl halides is 1. The molecule has 0 radical (unpaired) electrons. The van der Waals surface area contributed by atoms with Gasteiger partial charge in [0, 0.05) is 17.8 Å². The lowest BCUT2D eigenvalue weighted by Crippen LogP contribution is -2.26. The molecule has 0 aromatic heterocycles. The highest BCUT2D eigenvalue weighted by Crippen LogP contribution is 2.14. The summed E-state index contributed by atoms with van der Waals surface area (Å²) in [6.07, 6.45) is 0. The first kappa shape index (κ1) is 10.5. The van der Waals surface area contributed by atoms with E-state index in [1.54, 1.807) is 25.1 Å². The fourth-order valence-electron chi connectivity index (χ4n) is 1.16. The summed E-state index contributed by atoms with van der Waals surface area (Å²) >= 11 is 0. The smallest absolute Gasteiger partial charge is 0.251 e. The zero-order valence-corrected chi connectivity index (χ0v) is 8.01. The number of carbonyl (C=O) groups excluding carboxylic acids is 1. The van der Waals surface area contributed by atoms with Gasteiger partial charge in [-0.1, -0.05) is 6.07 Å². The van der Waals surface area contributed by atoms with Gasteiger partial charge in [0.15, 0.2) is 0 Å². The van der Waals surface area contributed by atoms with Crippen LogP contribution in [0, 0.1) is 6.92 Å². The van der Waals surface area contributed by atoms with Gasteiger partial charge in [-0.05, 0) is 24.6 Å². The van der Waals surface area contributed by atoms with Gasteiger partial charge in [0.25, 0.3) is 5.91 Å². The van der Waals surface area contributed by atoms with Crippen molar-refractivity contribution in [3.05, 3.63) is 29.3 Å². The van der Waals surface area contributed by atoms with E-state index in [0.717, 1.165) is 5.56 Å². The zero-order valence-electron chi connectivity index (χ0n) is 8.01. The first-order valence-electron chi connectivity index (χ1n) is 4.36. The Morgan fingerprint density at radius 1 is 1.57 bits per heavy atom. The first-order chi connectivity index (χ1) is 6.66. The molecule has 0 saturated heterocycles. The SMILES string of the molecule is Cc1c(N)cccc1C(=O)NCCF. The highest BCUT2D eigenvalue weighted by Gasteiger charge is 2.09. The van der Waals surface area contributed by atoms with Gasteiger partial charge in [-0.2, -0.15) is 0 Å². The molecule has 0 bridgehead atoms. The zero-order chi connectivity index (χ0) is 10.6. The lowest BCUT2D eigenvalue weighted by atomic mass is 10.1. The maximum Gasteiger partial charge on any atom is 0.251 e. The van der Waals surface area contributed by atoms with Crippen molar-refractivity contribution in [2.24, 2.45) is 0 Å². The number of nitrogens with one attached hydrogen (secondary N) is 1. The van der Waals surface area contributed by atoms with Gasteiger partial charge in [0.05, 0.1) is 0 Å². The van der Waals surface area contributed by atoms with Crippen LogP contribution < -0.4 is 11.1 Å². The van der Waals surface area contributed by atoms with E-state index < -0.39 is 6.67 Å². The van der Waals surface area contributed by atoms with Gasteiger partial charge in [0.1, 0.15) is 6.67 Å². The maximum atomic E-state index is 11.8. The van der Waals surface area contributed by atoms with Crippen LogP contribution in [-0.4, -0.2) is 19.1 Å². The summed E-state index contributed by atoms with van der Waals surface area (Å²) < 4.78 is 11.8. The highest BCUT2D eigenvalue weighted by atomic mass is 19.1. The summed E-state index contributed by atoms with van der Waals surface area (Å²) in [5.41, 5.74) is 7.42. The molecule has 0 aliphatic carbocycles. The van der Waals surface area contributed by atoms with Crippen molar-refractivity contribution in [2.75, 3.05) is 19.0 Å². The van der Waals surface area contributed by atoms with Crippen LogP contribution in [0.15, 0.2) is 18.2 Å². The summed E-state index contributed by atoms with van der Waals surface area (Å²) in [7, 11) is 0. The number of carbonyl (C=O) groups is 1. The molecule has 0 saturated carbocycles. The second kappa shape index (κ2) is 4.60. The Morgan fingerprint density at radius 3 is 2.93 bits per heavy atom. The minimum absolute atomic E-state index is 0.0348. The van der Waals surface area contributed by atoms with Crippen LogP contribution in [0.1, 0.15) is 15.9 Å². The molecule has 0 aliphatic rings. The van der Waals surface area contributed by atoms with Crippen LogP contribution in [0.4, 0.5) is 10.1 Å². The Balaban J connectivity index is 2.84. The lowest BCUT2D eigenvalue weighted by Gasteiger charge is -2.07. The molecule has 1 aromatic carbocycles. The largest absolute Gasteiger partial charge is 0.398 e. The van der Waals surface area contributed by atoms with E-state index in [2.05, 4.69) is 5.32 Å². The van der Waals surface area contributed by atoms with E-state index in [4.69, 9.17) is 5.73 Å². The molecule has 1 rings (SSSR count). The highest BCUT2D eigenvalue weighted by molar-refractivity contribution is 5.96. The summed E-state index contributed by atoms with van der Waals surface area (Å²) in [4.78, 5) is 11.4. The molecule has 3 nitrogen and oxygen atoms in total. The van der Waals surface area contributed by atoms with E-state index >= 15 is 0 Å². The third-order valence-corrected chi connectivity index (χ3v) is 2.00. The van der Waals surface area contributed by atoms with Gasteiger partial charge >= 0.3 is 0 Å². The molecule has 0 spiro atoms. The van der Waals surface area contributed by atoms with E-state index in [9.17, 15) is 9.18 Å². The number of hydrogen-bond donors (Lipinski definition) is 2. The lowest BCUT2D eigenvalue weighted by molar-refractivity contribution is 0.0950. The van der Waals surface area contributed by atoms with Gasteiger partial charge in [0.2, 0.25) is 0 Å².